The van der Waals surface area contributed by atoms with Crippen LogP contribution in [0.2, 0.25) is 0 Å². The minimum atomic E-state index is -0.827. The van der Waals surface area contributed by atoms with Crippen molar-refractivity contribution in [1.29, 1.82) is 0 Å². The highest BCUT2D eigenvalue weighted by Gasteiger charge is 2.19. The van der Waals surface area contributed by atoms with Gasteiger partial charge in [-0.25, -0.2) is 5.43 Å². The van der Waals surface area contributed by atoms with E-state index in [1.54, 1.807) is 46.1 Å². The third-order valence-electron chi connectivity index (χ3n) is 2.48. The lowest BCUT2D eigenvalue weighted by Gasteiger charge is -2.19. The summed E-state index contributed by atoms with van der Waals surface area (Å²) in [5.74, 6) is -0.430. The molecule has 0 spiro atoms. The van der Waals surface area contributed by atoms with Crippen LogP contribution >= 0.6 is 0 Å². The van der Waals surface area contributed by atoms with Crippen LogP contribution in [-0.2, 0) is 9.59 Å². The zero-order valence-corrected chi connectivity index (χ0v) is 13.4. The molecule has 0 bridgehead atoms. The molecule has 0 aliphatic rings. The number of methoxy groups -OCH3 is 2. The average Bonchev–Trinajstić information content (AvgIpc) is 2.45. The fourth-order valence-corrected chi connectivity index (χ4v) is 1.55. The van der Waals surface area contributed by atoms with E-state index in [0.29, 0.717) is 17.1 Å². The Morgan fingerprint density at radius 3 is 2.27 bits per heavy atom. The summed E-state index contributed by atoms with van der Waals surface area (Å²) in [5.41, 5.74) is 2.37. The lowest BCUT2D eigenvalue weighted by molar-refractivity contribution is -0.140. The molecule has 120 valence electrons. The average molecular weight is 307 g/mol. The van der Waals surface area contributed by atoms with Crippen LogP contribution < -0.4 is 20.2 Å². The van der Waals surface area contributed by atoms with Crippen LogP contribution in [0.3, 0.4) is 0 Å². The maximum atomic E-state index is 11.6. The van der Waals surface area contributed by atoms with Gasteiger partial charge < -0.3 is 14.8 Å². The first-order valence-electron chi connectivity index (χ1n) is 6.64. The van der Waals surface area contributed by atoms with Gasteiger partial charge in [0.25, 0.3) is 0 Å². The molecule has 1 aromatic rings. The Hall–Kier alpha value is -2.57. The number of amides is 2. The van der Waals surface area contributed by atoms with Crippen LogP contribution in [0.4, 0.5) is 0 Å². The Labute approximate surface area is 129 Å². The predicted octanol–water partition coefficient (Wildman–Crippen LogP) is 1.07. The van der Waals surface area contributed by atoms with E-state index in [1.165, 1.54) is 13.3 Å². The molecular formula is C15H21N3O4. The molecule has 7 heteroatoms. The van der Waals surface area contributed by atoms with Crippen molar-refractivity contribution in [3.8, 4) is 11.5 Å². The van der Waals surface area contributed by atoms with Gasteiger partial charge in [-0.3, -0.25) is 9.59 Å². The van der Waals surface area contributed by atoms with Crippen LogP contribution in [0.5, 0.6) is 11.5 Å². The van der Waals surface area contributed by atoms with Crippen LogP contribution in [-0.4, -0.2) is 37.8 Å². The summed E-state index contributed by atoms with van der Waals surface area (Å²) in [7, 11) is 3.07. The van der Waals surface area contributed by atoms with Crippen molar-refractivity contribution in [2.75, 3.05) is 14.2 Å². The summed E-state index contributed by atoms with van der Waals surface area (Å²) in [5, 5.41) is 6.28. The highest BCUT2D eigenvalue weighted by atomic mass is 16.5. The summed E-state index contributed by atoms with van der Waals surface area (Å²) in [6.45, 7) is 5.35. The van der Waals surface area contributed by atoms with Gasteiger partial charge in [0.2, 0.25) is 0 Å². The van der Waals surface area contributed by atoms with Crippen molar-refractivity contribution in [2.24, 2.45) is 5.10 Å². The topological polar surface area (TPSA) is 89.0 Å². The Morgan fingerprint density at radius 2 is 1.73 bits per heavy atom. The first kappa shape index (κ1) is 17.5. The maximum absolute atomic E-state index is 11.6. The lowest BCUT2D eigenvalue weighted by Crippen LogP contribution is -2.47. The van der Waals surface area contributed by atoms with Crippen molar-refractivity contribution in [1.82, 2.24) is 10.7 Å². The van der Waals surface area contributed by atoms with Gasteiger partial charge in [-0.15, -0.1) is 0 Å². The fourth-order valence-electron chi connectivity index (χ4n) is 1.55. The number of carbonyl (C=O) groups is 2. The van der Waals surface area contributed by atoms with Crippen molar-refractivity contribution in [2.45, 2.75) is 26.3 Å². The summed E-state index contributed by atoms with van der Waals surface area (Å²) in [6.07, 6.45) is 1.41. The molecule has 2 amide bonds. The Balaban J connectivity index is 2.66. The first-order valence-corrected chi connectivity index (χ1v) is 6.64. The number of nitrogens with one attached hydrogen (secondary N) is 2. The van der Waals surface area contributed by atoms with E-state index in [9.17, 15) is 9.59 Å². The largest absolute Gasteiger partial charge is 0.493 e. The number of hydrogen-bond donors (Lipinski definition) is 2. The summed E-state index contributed by atoms with van der Waals surface area (Å²) < 4.78 is 10.3. The third kappa shape index (κ3) is 5.43. The van der Waals surface area contributed by atoms with E-state index >= 15 is 0 Å². The van der Waals surface area contributed by atoms with Gasteiger partial charge in [0.15, 0.2) is 11.5 Å². The zero-order valence-electron chi connectivity index (χ0n) is 13.4. The second-order valence-electron chi connectivity index (χ2n) is 5.52. The molecule has 7 nitrogen and oxygen atoms in total. The molecule has 0 aliphatic heterocycles. The molecule has 0 aliphatic carbocycles. The molecule has 0 atom stereocenters. The lowest BCUT2D eigenvalue weighted by atomic mass is 10.1. The van der Waals surface area contributed by atoms with E-state index in [2.05, 4.69) is 15.8 Å². The number of hydrazone groups is 1. The summed E-state index contributed by atoms with van der Waals surface area (Å²) >= 11 is 0. The minimum absolute atomic E-state index is 0.485. The summed E-state index contributed by atoms with van der Waals surface area (Å²) in [4.78, 5) is 23.1. The number of nitrogens with zero attached hydrogens (tertiary/aromatic N) is 1. The van der Waals surface area contributed by atoms with E-state index < -0.39 is 17.4 Å². The quantitative estimate of drug-likeness (QED) is 0.495. The van der Waals surface area contributed by atoms with E-state index in [4.69, 9.17) is 9.47 Å². The van der Waals surface area contributed by atoms with E-state index in [-0.39, 0.29) is 0 Å². The van der Waals surface area contributed by atoms with Gasteiger partial charge in [0, 0.05) is 5.54 Å². The van der Waals surface area contributed by atoms with Gasteiger partial charge in [-0.2, -0.15) is 5.10 Å². The van der Waals surface area contributed by atoms with Crippen LogP contribution in [0.15, 0.2) is 23.3 Å². The van der Waals surface area contributed by atoms with Gasteiger partial charge in [0.05, 0.1) is 20.4 Å². The fraction of sp³-hybridized carbons (Fsp3) is 0.400. The number of hydrogen-bond acceptors (Lipinski definition) is 5. The Kier molecular flexibility index (Phi) is 5.91. The SMILES string of the molecule is COc1ccc(C=NNC(=O)C(=O)NC(C)(C)C)cc1OC. The molecule has 22 heavy (non-hydrogen) atoms. The highest BCUT2D eigenvalue weighted by Crippen LogP contribution is 2.26. The predicted molar refractivity (Wildman–Crippen MR) is 83.2 cm³/mol. The Morgan fingerprint density at radius 1 is 1.09 bits per heavy atom. The third-order valence-corrected chi connectivity index (χ3v) is 2.48. The van der Waals surface area contributed by atoms with Crippen LogP contribution in [0, 0.1) is 0 Å². The van der Waals surface area contributed by atoms with Gasteiger partial charge in [-0.05, 0) is 44.5 Å². The maximum Gasteiger partial charge on any atom is 0.329 e. The second kappa shape index (κ2) is 7.44. The van der Waals surface area contributed by atoms with Crippen molar-refractivity contribution >= 4 is 18.0 Å². The molecule has 0 saturated heterocycles. The molecule has 0 radical (unpaired) electrons. The molecule has 0 heterocycles. The molecule has 2 N–H and O–H groups in total. The Bertz CT molecular complexity index is 577. The van der Waals surface area contributed by atoms with Gasteiger partial charge in [-0.1, -0.05) is 0 Å². The molecular weight excluding hydrogens is 286 g/mol. The number of carbonyl (C=O) groups excluding carboxylic acids is 2. The molecule has 0 fully saturated rings. The zero-order chi connectivity index (χ0) is 16.8. The number of benzene rings is 1. The van der Waals surface area contributed by atoms with Gasteiger partial charge in [0.1, 0.15) is 0 Å². The molecule has 0 aromatic heterocycles. The minimum Gasteiger partial charge on any atom is -0.493 e. The first-order chi connectivity index (χ1) is 10.3. The van der Waals surface area contributed by atoms with E-state index in [0.717, 1.165) is 0 Å². The highest BCUT2D eigenvalue weighted by molar-refractivity contribution is 6.35. The molecule has 1 rings (SSSR count). The molecule has 1 aromatic carbocycles. The van der Waals surface area contributed by atoms with Crippen molar-refractivity contribution in [3.63, 3.8) is 0 Å². The van der Waals surface area contributed by atoms with Crippen molar-refractivity contribution < 1.29 is 19.1 Å². The smallest absolute Gasteiger partial charge is 0.329 e. The normalized spacial score (nSPS) is 11.1. The monoisotopic (exact) mass is 307 g/mol. The summed E-state index contributed by atoms with van der Waals surface area (Å²) in [6, 6.07) is 5.16. The van der Waals surface area contributed by atoms with Crippen LogP contribution in [0.1, 0.15) is 26.3 Å². The van der Waals surface area contributed by atoms with E-state index in [1.807, 2.05) is 0 Å². The second-order valence-corrected chi connectivity index (χ2v) is 5.52. The number of rotatable bonds is 4. The van der Waals surface area contributed by atoms with Crippen molar-refractivity contribution in [3.05, 3.63) is 23.8 Å². The number of ether oxygens (including phenoxy) is 2. The molecule has 0 unspecified atom stereocenters. The standard InChI is InChI=1S/C15H21N3O4/c1-15(2,3)17-13(19)14(20)18-16-9-10-6-7-11(21-4)12(8-10)22-5/h6-9H,1-5H3,(H,17,19)(H,18,20). The van der Waals surface area contributed by atoms with Crippen LogP contribution in [0.25, 0.3) is 0 Å². The molecule has 0 saturated carbocycles. The van der Waals surface area contributed by atoms with Gasteiger partial charge >= 0.3 is 11.8 Å².